The zero-order valence-corrected chi connectivity index (χ0v) is 17.8. The van der Waals surface area contributed by atoms with Gasteiger partial charge in [0.2, 0.25) is 0 Å². The third-order valence-electron chi connectivity index (χ3n) is 6.06. The molecule has 0 radical (unpaired) electrons. The summed E-state index contributed by atoms with van der Waals surface area (Å²) in [5, 5.41) is 12.6. The van der Waals surface area contributed by atoms with Crippen molar-refractivity contribution >= 4 is 17.2 Å². The molecule has 6 nitrogen and oxygen atoms in total. The number of alkyl halides is 1. The van der Waals surface area contributed by atoms with Crippen LogP contribution in [0.1, 0.15) is 38.4 Å². The number of hydrogen-bond donors (Lipinski definition) is 2. The number of carbonyl (C=O) groups excluding carboxylic acids is 1. The first kappa shape index (κ1) is 20.3. The molecule has 0 bridgehead atoms. The molecule has 1 aliphatic heterocycles. The lowest BCUT2D eigenvalue weighted by molar-refractivity contribution is -0.0515. The van der Waals surface area contributed by atoms with Crippen molar-refractivity contribution in [1.29, 1.82) is 0 Å². The Balaban J connectivity index is 1.68. The number of benzene rings is 1. The van der Waals surface area contributed by atoms with Crippen molar-refractivity contribution in [3.05, 3.63) is 64.1 Å². The number of aliphatic hydroxyl groups is 1. The van der Waals surface area contributed by atoms with E-state index in [9.17, 15) is 9.18 Å². The fraction of sp³-hybridized carbons (Fsp3) is 0.391. The van der Waals surface area contributed by atoms with E-state index in [0.29, 0.717) is 12.1 Å². The third kappa shape index (κ3) is 3.43. The van der Waals surface area contributed by atoms with Gasteiger partial charge < -0.3 is 19.7 Å². The van der Waals surface area contributed by atoms with Crippen LogP contribution in [-0.2, 0) is 6.54 Å². The van der Waals surface area contributed by atoms with E-state index in [1.165, 1.54) is 21.6 Å². The van der Waals surface area contributed by atoms with Crippen LogP contribution in [-0.4, -0.2) is 50.7 Å². The van der Waals surface area contributed by atoms with Crippen LogP contribution >= 0.6 is 0 Å². The van der Waals surface area contributed by atoms with Crippen molar-refractivity contribution in [3.8, 4) is 0 Å². The Kier molecular flexibility index (Phi) is 5.02. The Bertz CT molecular complexity index is 1110. The number of likely N-dealkylation sites (tertiary alicyclic amines) is 1. The maximum absolute atomic E-state index is 14.1. The molecule has 0 unspecified atom stereocenters. The van der Waals surface area contributed by atoms with Crippen LogP contribution < -0.4 is 5.32 Å². The number of fused-ring (bicyclic) bond motifs is 1. The van der Waals surface area contributed by atoms with Crippen molar-refractivity contribution in [3.63, 3.8) is 0 Å². The van der Waals surface area contributed by atoms with E-state index in [2.05, 4.69) is 36.3 Å². The van der Waals surface area contributed by atoms with Crippen molar-refractivity contribution in [2.45, 2.75) is 39.9 Å². The number of rotatable bonds is 5. The molecule has 158 valence electrons. The molecule has 0 atom stereocenters. The van der Waals surface area contributed by atoms with Gasteiger partial charge in [0.05, 0.1) is 36.6 Å². The lowest BCUT2D eigenvalue weighted by Gasteiger charge is -2.43. The highest BCUT2D eigenvalue weighted by Crippen LogP contribution is 2.29. The van der Waals surface area contributed by atoms with E-state index >= 15 is 0 Å². The van der Waals surface area contributed by atoms with Gasteiger partial charge in [-0.2, -0.15) is 0 Å². The molecule has 4 rings (SSSR count). The fourth-order valence-corrected chi connectivity index (χ4v) is 3.99. The number of imidazole rings is 1. The Morgan fingerprint density at radius 1 is 1.23 bits per heavy atom. The Hall–Kier alpha value is -2.93. The molecular weight excluding hydrogens is 383 g/mol. The van der Waals surface area contributed by atoms with Crippen molar-refractivity contribution in [2.24, 2.45) is 0 Å². The first-order chi connectivity index (χ1) is 14.2. The number of hydrogen-bond acceptors (Lipinski definition) is 4. The molecule has 2 N–H and O–H groups in total. The average Bonchev–Trinajstić information content (AvgIpc) is 2.98. The predicted octanol–water partition coefficient (Wildman–Crippen LogP) is 3.34. The Morgan fingerprint density at radius 3 is 2.53 bits per heavy atom. The second kappa shape index (κ2) is 7.40. The lowest BCUT2D eigenvalue weighted by Crippen LogP contribution is -2.62. The van der Waals surface area contributed by atoms with E-state index in [4.69, 9.17) is 5.11 Å². The number of halogens is 1. The third-order valence-corrected chi connectivity index (χ3v) is 6.06. The van der Waals surface area contributed by atoms with Crippen molar-refractivity contribution < 1.29 is 14.3 Å². The quantitative estimate of drug-likeness (QED) is 0.677. The monoisotopic (exact) mass is 410 g/mol. The number of anilines is 1. The SMILES string of the molecule is Cc1cccc(C)c1CNc1cc(C(=O)N2CC(F)(CO)C2)cn2c(C)c(C)nc12. The van der Waals surface area contributed by atoms with Crippen LogP contribution in [0.2, 0.25) is 0 Å². The molecule has 1 fully saturated rings. The van der Waals surface area contributed by atoms with Gasteiger partial charge in [0.1, 0.15) is 0 Å². The molecule has 1 aliphatic rings. The summed E-state index contributed by atoms with van der Waals surface area (Å²) in [4.78, 5) is 19.0. The molecule has 0 spiro atoms. The van der Waals surface area contributed by atoms with Crippen LogP contribution in [0.3, 0.4) is 0 Å². The van der Waals surface area contributed by atoms with E-state index in [0.717, 1.165) is 22.7 Å². The lowest BCUT2D eigenvalue weighted by atomic mass is 9.96. The average molecular weight is 410 g/mol. The predicted molar refractivity (Wildman–Crippen MR) is 115 cm³/mol. The highest BCUT2D eigenvalue weighted by Gasteiger charge is 2.45. The molecule has 1 saturated heterocycles. The number of nitrogens with zero attached hydrogens (tertiary/aromatic N) is 3. The van der Waals surface area contributed by atoms with E-state index < -0.39 is 12.3 Å². The molecule has 2 aromatic heterocycles. The first-order valence-electron chi connectivity index (χ1n) is 10.1. The van der Waals surface area contributed by atoms with Gasteiger partial charge in [0, 0.05) is 18.4 Å². The summed E-state index contributed by atoms with van der Waals surface area (Å²) in [6.45, 7) is 7.92. The highest BCUT2D eigenvalue weighted by molar-refractivity contribution is 5.96. The van der Waals surface area contributed by atoms with Crippen LogP contribution in [0, 0.1) is 27.7 Å². The molecule has 30 heavy (non-hydrogen) atoms. The molecule has 0 saturated carbocycles. The fourth-order valence-electron chi connectivity index (χ4n) is 3.99. The summed E-state index contributed by atoms with van der Waals surface area (Å²) >= 11 is 0. The number of aliphatic hydroxyl groups excluding tert-OH is 1. The van der Waals surface area contributed by atoms with Crippen molar-refractivity contribution in [1.82, 2.24) is 14.3 Å². The topological polar surface area (TPSA) is 69.9 Å². The smallest absolute Gasteiger partial charge is 0.255 e. The maximum Gasteiger partial charge on any atom is 0.255 e. The van der Waals surface area contributed by atoms with Gasteiger partial charge in [0.15, 0.2) is 11.3 Å². The minimum Gasteiger partial charge on any atom is -0.393 e. The highest BCUT2D eigenvalue weighted by atomic mass is 19.1. The van der Waals surface area contributed by atoms with Gasteiger partial charge in [0.25, 0.3) is 5.91 Å². The standard InChI is InChI=1S/C23H27FN4O2/c1-14-6-5-7-15(2)19(14)9-25-20-8-18(10-28-17(4)16(3)26-21(20)28)22(30)27-11-23(24,12-27)13-29/h5-8,10,25,29H,9,11-13H2,1-4H3. The summed E-state index contributed by atoms with van der Waals surface area (Å²) in [5.74, 6) is -0.250. The zero-order valence-electron chi connectivity index (χ0n) is 17.8. The number of amides is 1. The Labute approximate surface area is 175 Å². The summed E-state index contributed by atoms with van der Waals surface area (Å²) in [6, 6.07) is 7.99. The molecule has 1 aromatic carbocycles. The summed E-state index contributed by atoms with van der Waals surface area (Å²) in [6.07, 6.45) is 1.76. The minimum atomic E-state index is -1.69. The zero-order chi connectivity index (χ0) is 21.6. The largest absolute Gasteiger partial charge is 0.393 e. The van der Waals surface area contributed by atoms with Crippen LogP contribution in [0.25, 0.3) is 5.65 Å². The molecule has 3 aromatic rings. The molecule has 7 heteroatoms. The van der Waals surface area contributed by atoms with Crippen LogP contribution in [0.5, 0.6) is 0 Å². The van der Waals surface area contributed by atoms with Gasteiger partial charge in [-0.15, -0.1) is 0 Å². The molecule has 0 aliphatic carbocycles. The number of aromatic nitrogens is 2. The number of pyridine rings is 1. The van der Waals surface area contributed by atoms with Crippen LogP contribution in [0.4, 0.5) is 10.1 Å². The van der Waals surface area contributed by atoms with Gasteiger partial charge in [-0.1, -0.05) is 18.2 Å². The van der Waals surface area contributed by atoms with Crippen molar-refractivity contribution in [2.75, 3.05) is 25.0 Å². The summed E-state index contributed by atoms with van der Waals surface area (Å²) in [5.41, 5.74) is 5.74. The van der Waals surface area contributed by atoms with Gasteiger partial charge in [-0.25, -0.2) is 9.37 Å². The van der Waals surface area contributed by atoms with Crippen LogP contribution in [0.15, 0.2) is 30.5 Å². The van der Waals surface area contributed by atoms with Gasteiger partial charge >= 0.3 is 0 Å². The first-order valence-corrected chi connectivity index (χ1v) is 10.1. The van der Waals surface area contributed by atoms with Gasteiger partial charge in [-0.3, -0.25) is 4.79 Å². The Morgan fingerprint density at radius 2 is 1.90 bits per heavy atom. The molecule has 3 heterocycles. The second-order valence-corrected chi connectivity index (χ2v) is 8.31. The second-order valence-electron chi connectivity index (χ2n) is 8.31. The summed E-state index contributed by atoms with van der Waals surface area (Å²) < 4.78 is 16.0. The number of aryl methyl sites for hydroxylation is 4. The minimum absolute atomic E-state index is 0.0898. The van der Waals surface area contributed by atoms with E-state index in [1.54, 1.807) is 12.3 Å². The van der Waals surface area contributed by atoms with Gasteiger partial charge in [-0.05, 0) is 50.5 Å². The molecular formula is C23H27FN4O2. The number of carbonyl (C=O) groups is 1. The summed E-state index contributed by atoms with van der Waals surface area (Å²) in [7, 11) is 0. The van der Waals surface area contributed by atoms with E-state index in [1.807, 2.05) is 24.3 Å². The van der Waals surface area contributed by atoms with E-state index in [-0.39, 0.29) is 19.0 Å². The normalized spacial score (nSPS) is 15.3. The molecule has 1 amide bonds. The maximum atomic E-state index is 14.1. The number of nitrogens with one attached hydrogen (secondary N) is 1.